The molecular weight excluding hydrogens is 242 g/mol. The van der Waals surface area contributed by atoms with Gasteiger partial charge in [0.05, 0.1) is 6.04 Å². The smallest absolute Gasteiger partial charge is 0.0542 e. The quantitative estimate of drug-likeness (QED) is 0.755. The van der Waals surface area contributed by atoms with Gasteiger partial charge in [0.2, 0.25) is 0 Å². The number of hydrogen-bond acceptors (Lipinski definition) is 1. The van der Waals surface area contributed by atoms with Crippen molar-refractivity contribution in [2.24, 2.45) is 4.99 Å². The van der Waals surface area contributed by atoms with Crippen molar-refractivity contribution in [3.05, 3.63) is 71.8 Å². The van der Waals surface area contributed by atoms with Crippen LogP contribution >= 0.6 is 0 Å². The Morgan fingerprint density at radius 3 is 2.15 bits per heavy atom. The number of benzene rings is 2. The number of aryl methyl sites for hydroxylation is 1. The van der Waals surface area contributed by atoms with Gasteiger partial charge in [-0.1, -0.05) is 60.7 Å². The van der Waals surface area contributed by atoms with Gasteiger partial charge in [-0.2, -0.15) is 0 Å². The molecule has 2 aromatic carbocycles. The summed E-state index contributed by atoms with van der Waals surface area (Å²) in [5.74, 6) is 0. The maximum absolute atomic E-state index is 4.92. The summed E-state index contributed by atoms with van der Waals surface area (Å²) in [7, 11) is 0. The van der Waals surface area contributed by atoms with Crippen molar-refractivity contribution in [1.82, 2.24) is 0 Å². The second-order valence-corrected chi connectivity index (χ2v) is 5.56. The Bertz CT molecular complexity index is 557. The molecule has 3 rings (SSSR count). The second-order valence-electron chi connectivity index (χ2n) is 5.56. The standard InChI is InChI=1S/C19H21N/c1-3-7-16(8-4-1)11-12-18-13-14-19(20-18)15-17-9-5-2-6-10-17/h1-10,19H,11-15H2. The van der Waals surface area contributed by atoms with Gasteiger partial charge in [-0.05, 0) is 43.2 Å². The Morgan fingerprint density at radius 1 is 0.800 bits per heavy atom. The number of nitrogens with zero attached hydrogens (tertiary/aromatic N) is 1. The maximum Gasteiger partial charge on any atom is 0.0542 e. The van der Waals surface area contributed by atoms with E-state index in [9.17, 15) is 0 Å². The van der Waals surface area contributed by atoms with Crippen LogP contribution in [0, 0.1) is 0 Å². The molecule has 1 heteroatoms. The normalized spacial score (nSPS) is 18.0. The van der Waals surface area contributed by atoms with Crippen LogP contribution in [0.5, 0.6) is 0 Å². The largest absolute Gasteiger partial charge is 0.290 e. The van der Waals surface area contributed by atoms with Crippen molar-refractivity contribution in [2.75, 3.05) is 0 Å². The molecule has 0 fully saturated rings. The van der Waals surface area contributed by atoms with E-state index in [-0.39, 0.29) is 0 Å². The Hall–Kier alpha value is -1.89. The van der Waals surface area contributed by atoms with Crippen LogP contribution in [0.25, 0.3) is 0 Å². The van der Waals surface area contributed by atoms with Crippen molar-refractivity contribution in [2.45, 2.75) is 38.1 Å². The first-order valence-electron chi connectivity index (χ1n) is 7.53. The van der Waals surface area contributed by atoms with Crippen molar-refractivity contribution >= 4 is 5.71 Å². The highest BCUT2D eigenvalue weighted by atomic mass is 14.8. The first-order chi connectivity index (χ1) is 9.90. The van der Waals surface area contributed by atoms with Crippen LogP contribution in [0.2, 0.25) is 0 Å². The van der Waals surface area contributed by atoms with Crippen molar-refractivity contribution < 1.29 is 0 Å². The van der Waals surface area contributed by atoms with Crippen LogP contribution in [-0.4, -0.2) is 11.8 Å². The molecule has 1 aliphatic heterocycles. The summed E-state index contributed by atoms with van der Waals surface area (Å²) in [6, 6.07) is 21.9. The minimum Gasteiger partial charge on any atom is -0.290 e. The Balaban J connectivity index is 1.53. The van der Waals surface area contributed by atoms with E-state index in [0.29, 0.717) is 6.04 Å². The lowest BCUT2D eigenvalue weighted by Crippen LogP contribution is -2.03. The first kappa shape index (κ1) is 13.1. The van der Waals surface area contributed by atoms with Crippen LogP contribution in [0.3, 0.4) is 0 Å². The average molecular weight is 263 g/mol. The molecule has 0 N–H and O–H groups in total. The summed E-state index contributed by atoms with van der Waals surface area (Å²) < 4.78 is 0. The molecule has 0 spiro atoms. The SMILES string of the molecule is c1ccc(CCC2=NC(Cc3ccccc3)CC2)cc1. The van der Waals surface area contributed by atoms with Crippen LogP contribution in [-0.2, 0) is 12.8 Å². The van der Waals surface area contributed by atoms with E-state index in [1.807, 2.05) is 0 Å². The zero-order valence-corrected chi connectivity index (χ0v) is 11.8. The molecular formula is C19H21N. The van der Waals surface area contributed by atoms with Crippen molar-refractivity contribution in [1.29, 1.82) is 0 Å². The van der Waals surface area contributed by atoms with Gasteiger partial charge in [0.15, 0.2) is 0 Å². The fraction of sp³-hybridized carbons (Fsp3) is 0.316. The van der Waals surface area contributed by atoms with Gasteiger partial charge < -0.3 is 0 Å². The van der Waals surface area contributed by atoms with Gasteiger partial charge >= 0.3 is 0 Å². The van der Waals surface area contributed by atoms with Gasteiger partial charge in [-0.25, -0.2) is 0 Å². The fourth-order valence-electron chi connectivity index (χ4n) is 2.88. The van der Waals surface area contributed by atoms with E-state index in [0.717, 1.165) is 19.3 Å². The Morgan fingerprint density at radius 2 is 1.45 bits per heavy atom. The van der Waals surface area contributed by atoms with E-state index >= 15 is 0 Å². The maximum atomic E-state index is 4.92. The third-order valence-corrected chi connectivity index (χ3v) is 3.99. The third kappa shape index (κ3) is 3.57. The molecule has 1 aliphatic rings. The zero-order chi connectivity index (χ0) is 13.6. The zero-order valence-electron chi connectivity index (χ0n) is 11.8. The van der Waals surface area contributed by atoms with Gasteiger partial charge in [0, 0.05) is 5.71 Å². The molecule has 0 radical (unpaired) electrons. The average Bonchev–Trinajstić information content (AvgIpc) is 2.95. The highest BCUT2D eigenvalue weighted by molar-refractivity contribution is 5.86. The minimum atomic E-state index is 0.503. The summed E-state index contributed by atoms with van der Waals surface area (Å²) >= 11 is 0. The second kappa shape index (κ2) is 6.51. The van der Waals surface area contributed by atoms with E-state index in [1.54, 1.807) is 0 Å². The molecule has 1 nitrogen and oxygen atoms in total. The Labute approximate surface area is 121 Å². The summed E-state index contributed by atoms with van der Waals surface area (Å²) in [6.07, 6.45) is 5.74. The third-order valence-electron chi connectivity index (χ3n) is 3.99. The molecule has 0 amide bonds. The number of rotatable bonds is 5. The van der Waals surface area contributed by atoms with E-state index in [4.69, 9.17) is 4.99 Å². The summed E-state index contributed by atoms with van der Waals surface area (Å²) in [4.78, 5) is 4.92. The van der Waals surface area contributed by atoms with Crippen LogP contribution in [0.4, 0.5) is 0 Å². The van der Waals surface area contributed by atoms with Crippen LogP contribution in [0.1, 0.15) is 30.4 Å². The summed E-state index contributed by atoms with van der Waals surface area (Å²) in [5, 5.41) is 0. The molecule has 1 atom stereocenters. The topological polar surface area (TPSA) is 12.4 Å². The lowest BCUT2D eigenvalue weighted by atomic mass is 10.0. The number of aliphatic imine (C=N–C) groups is 1. The predicted molar refractivity (Wildman–Crippen MR) is 85.4 cm³/mol. The monoisotopic (exact) mass is 263 g/mol. The highest BCUT2D eigenvalue weighted by Crippen LogP contribution is 2.20. The van der Waals surface area contributed by atoms with Crippen LogP contribution in [0.15, 0.2) is 65.7 Å². The summed E-state index contributed by atoms with van der Waals surface area (Å²) in [6.45, 7) is 0. The Kier molecular flexibility index (Phi) is 4.27. The fourth-order valence-corrected chi connectivity index (χ4v) is 2.88. The molecule has 0 aromatic heterocycles. The van der Waals surface area contributed by atoms with Crippen LogP contribution < -0.4 is 0 Å². The van der Waals surface area contributed by atoms with Gasteiger partial charge in [-0.3, -0.25) is 4.99 Å². The molecule has 1 heterocycles. The van der Waals surface area contributed by atoms with E-state index in [2.05, 4.69) is 60.7 Å². The van der Waals surface area contributed by atoms with Gasteiger partial charge in [-0.15, -0.1) is 0 Å². The van der Waals surface area contributed by atoms with Crippen molar-refractivity contribution in [3.8, 4) is 0 Å². The molecule has 2 aromatic rings. The van der Waals surface area contributed by atoms with E-state index < -0.39 is 0 Å². The molecule has 0 saturated heterocycles. The lowest BCUT2D eigenvalue weighted by Gasteiger charge is -2.05. The predicted octanol–water partition coefficient (Wildman–Crippen LogP) is 4.47. The first-order valence-corrected chi connectivity index (χ1v) is 7.53. The van der Waals surface area contributed by atoms with E-state index in [1.165, 1.54) is 29.7 Å². The summed E-state index contributed by atoms with van der Waals surface area (Å²) in [5.41, 5.74) is 4.24. The van der Waals surface area contributed by atoms with Gasteiger partial charge in [0.25, 0.3) is 0 Å². The highest BCUT2D eigenvalue weighted by Gasteiger charge is 2.17. The molecule has 20 heavy (non-hydrogen) atoms. The minimum absolute atomic E-state index is 0.503. The molecule has 1 unspecified atom stereocenters. The van der Waals surface area contributed by atoms with Gasteiger partial charge in [0.1, 0.15) is 0 Å². The molecule has 0 bridgehead atoms. The molecule has 102 valence electrons. The van der Waals surface area contributed by atoms with Crippen molar-refractivity contribution in [3.63, 3.8) is 0 Å². The molecule has 0 aliphatic carbocycles. The molecule has 0 saturated carbocycles. The number of hydrogen-bond donors (Lipinski definition) is 0. The lowest BCUT2D eigenvalue weighted by molar-refractivity contribution is 0.667.